The van der Waals surface area contributed by atoms with E-state index >= 15 is 0 Å². The van der Waals surface area contributed by atoms with Crippen LogP contribution in [0.3, 0.4) is 0 Å². The summed E-state index contributed by atoms with van der Waals surface area (Å²) in [6.45, 7) is 0. The van der Waals surface area contributed by atoms with E-state index in [2.05, 4.69) is 243 Å². The number of hydrogen-bond donors (Lipinski definition) is 0. The highest BCUT2D eigenvalue weighted by molar-refractivity contribution is 5.96. The number of hydrogen-bond acceptors (Lipinski definition) is 0. The SMILES string of the molecule is c1ccc(-c2ccc(-c3cc(-c4ccc(-c5ccccc5)cc4)cc(-c4ccc(-c5ccc6c(c5)C5(c7ccccc7-c7ccccc75)c5ccccc5-6)cc4)c3)cc2)cc1. The second-order valence-electron chi connectivity index (χ2n) is 16.4. The zero-order valence-corrected chi connectivity index (χ0v) is 33.6. The Morgan fingerprint density at radius 3 is 0.803 bits per heavy atom. The minimum atomic E-state index is -0.357. The van der Waals surface area contributed by atoms with Crippen molar-refractivity contribution in [3.63, 3.8) is 0 Å². The topological polar surface area (TPSA) is 0 Å². The third kappa shape index (κ3) is 5.68. The molecule has 0 fully saturated rings. The molecule has 0 nitrogen and oxygen atoms in total. The molecule has 12 rings (SSSR count). The summed E-state index contributed by atoms with van der Waals surface area (Å²) >= 11 is 0. The van der Waals surface area contributed by atoms with Gasteiger partial charge in [-0.2, -0.15) is 0 Å². The normalized spacial score (nSPS) is 12.7. The maximum absolute atomic E-state index is 2.47. The van der Waals surface area contributed by atoms with Crippen LogP contribution in [0.25, 0.3) is 89.0 Å². The van der Waals surface area contributed by atoms with Crippen molar-refractivity contribution in [2.75, 3.05) is 0 Å². The predicted octanol–water partition coefficient (Wildman–Crippen LogP) is 16.0. The van der Waals surface area contributed by atoms with E-state index in [4.69, 9.17) is 0 Å². The molecule has 0 radical (unpaired) electrons. The molecule has 0 aliphatic heterocycles. The van der Waals surface area contributed by atoms with Crippen LogP contribution in [0.2, 0.25) is 0 Å². The van der Waals surface area contributed by atoms with Gasteiger partial charge in [0.05, 0.1) is 5.41 Å². The molecule has 1 spiro atoms. The fraction of sp³-hybridized carbons (Fsp3) is 0.0164. The van der Waals surface area contributed by atoms with Gasteiger partial charge < -0.3 is 0 Å². The second-order valence-corrected chi connectivity index (χ2v) is 16.4. The average Bonchev–Trinajstić information content (AvgIpc) is 3.82. The molecular formula is C61H40. The lowest BCUT2D eigenvalue weighted by Crippen LogP contribution is -2.25. The monoisotopic (exact) mass is 772 g/mol. The van der Waals surface area contributed by atoms with Crippen LogP contribution in [0.5, 0.6) is 0 Å². The largest absolute Gasteiger partial charge is 0.0725 e. The Hall–Kier alpha value is -7.80. The third-order valence-corrected chi connectivity index (χ3v) is 13.1. The minimum Gasteiger partial charge on any atom is -0.0622 e. The van der Waals surface area contributed by atoms with Crippen molar-refractivity contribution >= 4 is 0 Å². The minimum absolute atomic E-state index is 0.357. The average molecular weight is 773 g/mol. The van der Waals surface area contributed by atoms with Gasteiger partial charge in [0.1, 0.15) is 0 Å². The second kappa shape index (κ2) is 14.2. The first-order valence-electron chi connectivity index (χ1n) is 21.2. The van der Waals surface area contributed by atoms with Gasteiger partial charge in [-0.05, 0) is 136 Å². The zero-order chi connectivity index (χ0) is 40.3. The Bertz CT molecular complexity index is 3080. The molecule has 10 aromatic rings. The van der Waals surface area contributed by atoms with E-state index in [0.717, 1.165) is 0 Å². The van der Waals surface area contributed by atoms with Crippen LogP contribution in [0, 0.1) is 0 Å². The quantitative estimate of drug-likeness (QED) is 0.158. The van der Waals surface area contributed by atoms with E-state index in [1.807, 2.05) is 0 Å². The highest BCUT2D eigenvalue weighted by Gasteiger charge is 2.51. The molecule has 0 aromatic heterocycles. The van der Waals surface area contributed by atoms with Crippen LogP contribution in [-0.2, 0) is 5.41 Å². The number of fused-ring (bicyclic) bond motifs is 10. The zero-order valence-electron chi connectivity index (χ0n) is 33.6. The van der Waals surface area contributed by atoms with Gasteiger partial charge in [0, 0.05) is 0 Å². The molecule has 10 aromatic carbocycles. The molecular weight excluding hydrogens is 733 g/mol. The molecule has 2 aliphatic rings. The Labute approximate surface area is 357 Å². The molecule has 0 heterocycles. The highest BCUT2D eigenvalue weighted by atomic mass is 14.5. The van der Waals surface area contributed by atoms with E-state index in [9.17, 15) is 0 Å². The Morgan fingerprint density at radius 1 is 0.164 bits per heavy atom. The molecule has 0 unspecified atom stereocenters. The van der Waals surface area contributed by atoms with Gasteiger partial charge in [-0.3, -0.25) is 0 Å². The Balaban J connectivity index is 0.946. The van der Waals surface area contributed by atoms with E-state index in [1.165, 1.54) is 111 Å². The van der Waals surface area contributed by atoms with E-state index in [0.29, 0.717) is 0 Å². The molecule has 0 amide bonds. The van der Waals surface area contributed by atoms with Crippen molar-refractivity contribution in [3.8, 4) is 89.0 Å². The van der Waals surface area contributed by atoms with Crippen LogP contribution in [0.1, 0.15) is 22.3 Å². The summed E-state index contributed by atoms with van der Waals surface area (Å²) in [5.41, 5.74) is 24.9. The third-order valence-electron chi connectivity index (χ3n) is 13.1. The Kier molecular flexibility index (Phi) is 8.18. The smallest absolute Gasteiger partial charge is 0.0622 e. The van der Waals surface area contributed by atoms with Crippen LogP contribution in [-0.4, -0.2) is 0 Å². The first-order chi connectivity index (χ1) is 30.2. The van der Waals surface area contributed by atoms with E-state index < -0.39 is 0 Å². The van der Waals surface area contributed by atoms with Gasteiger partial charge in [-0.25, -0.2) is 0 Å². The number of benzene rings is 10. The summed E-state index contributed by atoms with van der Waals surface area (Å²) in [4.78, 5) is 0. The fourth-order valence-corrected chi connectivity index (χ4v) is 10.2. The summed E-state index contributed by atoms with van der Waals surface area (Å²) in [6, 6.07) is 89.7. The van der Waals surface area contributed by atoms with Crippen LogP contribution >= 0.6 is 0 Å². The van der Waals surface area contributed by atoms with Gasteiger partial charge in [0.2, 0.25) is 0 Å². The van der Waals surface area contributed by atoms with E-state index in [-0.39, 0.29) is 5.41 Å². The van der Waals surface area contributed by atoms with Gasteiger partial charge in [0.15, 0.2) is 0 Å². The van der Waals surface area contributed by atoms with Crippen LogP contribution < -0.4 is 0 Å². The summed E-state index contributed by atoms with van der Waals surface area (Å²) in [7, 11) is 0. The number of rotatable bonds is 6. The standard InChI is InChI=1S/C61H40/c1-3-13-41(14-4-1)43-23-29-46(30-24-43)50-37-51(47-31-25-44(26-32-47)42-15-5-2-6-16-42)39-52(38-50)48-33-27-45(28-34-48)49-35-36-56-55-19-9-12-22-59(55)61(60(56)40-49)57-20-10-7-17-53(57)54-18-8-11-21-58(54)61/h1-40H. The van der Waals surface area contributed by atoms with Gasteiger partial charge in [-0.1, -0.05) is 218 Å². The van der Waals surface area contributed by atoms with Crippen molar-refractivity contribution in [2.24, 2.45) is 0 Å². The molecule has 61 heavy (non-hydrogen) atoms. The summed E-state index contributed by atoms with van der Waals surface area (Å²) in [5.74, 6) is 0. The lowest BCUT2D eigenvalue weighted by molar-refractivity contribution is 0.794. The predicted molar refractivity (Wildman–Crippen MR) is 255 cm³/mol. The fourth-order valence-electron chi connectivity index (χ4n) is 10.2. The lowest BCUT2D eigenvalue weighted by Gasteiger charge is -2.30. The van der Waals surface area contributed by atoms with Crippen molar-refractivity contribution in [1.82, 2.24) is 0 Å². The van der Waals surface area contributed by atoms with Crippen molar-refractivity contribution < 1.29 is 0 Å². The van der Waals surface area contributed by atoms with Crippen molar-refractivity contribution in [3.05, 3.63) is 265 Å². The van der Waals surface area contributed by atoms with E-state index in [1.54, 1.807) is 0 Å². The maximum Gasteiger partial charge on any atom is 0.0725 e. The van der Waals surface area contributed by atoms with Gasteiger partial charge >= 0.3 is 0 Å². The molecule has 0 N–H and O–H groups in total. The lowest BCUT2D eigenvalue weighted by atomic mass is 9.70. The first-order valence-corrected chi connectivity index (χ1v) is 21.2. The van der Waals surface area contributed by atoms with Crippen molar-refractivity contribution in [2.45, 2.75) is 5.41 Å². The van der Waals surface area contributed by atoms with Crippen LogP contribution in [0.15, 0.2) is 243 Å². The molecule has 0 heteroatoms. The van der Waals surface area contributed by atoms with Crippen molar-refractivity contribution in [1.29, 1.82) is 0 Å². The maximum atomic E-state index is 2.47. The molecule has 2 aliphatic carbocycles. The molecule has 284 valence electrons. The van der Waals surface area contributed by atoms with Gasteiger partial charge in [-0.15, -0.1) is 0 Å². The molecule has 0 saturated heterocycles. The van der Waals surface area contributed by atoms with Crippen LogP contribution in [0.4, 0.5) is 0 Å². The molecule has 0 saturated carbocycles. The summed E-state index contributed by atoms with van der Waals surface area (Å²) in [6.07, 6.45) is 0. The highest BCUT2D eigenvalue weighted by Crippen LogP contribution is 2.63. The van der Waals surface area contributed by atoms with Gasteiger partial charge in [0.25, 0.3) is 0 Å². The Morgan fingerprint density at radius 2 is 0.426 bits per heavy atom. The molecule has 0 bridgehead atoms. The first kappa shape index (κ1) is 35.2. The summed E-state index contributed by atoms with van der Waals surface area (Å²) < 4.78 is 0. The summed E-state index contributed by atoms with van der Waals surface area (Å²) in [5, 5.41) is 0. The molecule has 0 atom stereocenters.